The third-order valence-corrected chi connectivity index (χ3v) is 2.17. The van der Waals surface area contributed by atoms with Crippen LogP contribution in [0.1, 0.15) is 25.5 Å². The Kier molecular flexibility index (Phi) is 5.36. The van der Waals surface area contributed by atoms with Crippen molar-refractivity contribution in [2.24, 2.45) is 0 Å². The highest BCUT2D eigenvalue weighted by Gasteiger charge is 2.02. The maximum absolute atomic E-state index is 5.37. The summed E-state index contributed by atoms with van der Waals surface area (Å²) in [4.78, 5) is 4.31. The van der Waals surface area contributed by atoms with Gasteiger partial charge in [-0.15, -0.1) is 0 Å². The molecule has 86 valence electrons. The topological polar surface area (TPSA) is 36.3 Å². The highest BCUT2D eigenvalue weighted by atomic mass is 16.5. The first-order valence-corrected chi connectivity index (χ1v) is 5.32. The van der Waals surface area contributed by atoms with E-state index in [9.17, 15) is 0 Å². The molecule has 1 aromatic rings. The fourth-order valence-corrected chi connectivity index (χ4v) is 1.21. The molecule has 0 spiro atoms. The Bertz CT molecular complexity index is 271. The highest BCUT2D eigenvalue weighted by Crippen LogP contribution is 2.10. The van der Waals surface area contributed by atoms with Crippen LogP contribution in [0.15, 0.2) is 12.5 Å². The fraction of sp³-hybridized carbons (Fsp3) is 0.727. The number of imidazole rings is 1. The summed E-state index contributed by atoms with van der Waals surface area (Å²) in [6, 6.07) is 0. The van der Waals surface area contributed by atoms with Crippen molar-refractivity contribution in [1.82, 2.24) is 9.55 Å². The summed E-state index contributed by atoms with van der Waals surface area (Å²) in [7, 11) is 1.67. The van der Waals surface area contributed by atoms with Gasteiger partial charge in [-0.2, -0.15) is 0 Å². The second kappa shape index (κ2) is 6.58. The van der Waals surface area contributed by atoms with Crippen LogP contribution in [0.5, 0.6) is 0 Å². The van der Waals surface area contributed by atoms with Gasteiger partial charge < -0.3 is 14.0 Å². The Morgan fingerprint density at radius 2 is 2.13 bits per heavy atom. The van der Waals surface area contributed by atoms with Crippen LogP contribution in [0, 0.1) is 0 Å². The van der Waals surface area contributed by atoms with Gasteiger partial charge in [-0.3, -0.25) is 0 Å². The van der Waals surface area contributed by atoms with Crippen LogP contribution in [-0.4, -0.2) is 36.5 Å². The summed E-state index contributed by atoms with van der Waals surface area (Å²) in [5.41, 5.74) is 1.13. The third kappa shape index (κ3) is 4.44. The van der Waals surface area contributed by atoms with Crippen LogP contribution in [0.2, 0.25) is 0 Å². The molecule has 0 N–H and O–H groups in total. The van der Waals surface area contributed by atoms with Gasteiger partial charge in [0.2, 0.25) is 0 Å². The minimum atomic E-state index is 0.487. The molecule has 1 heterocycles. The van der Waals surface area contributed by atoms with Gasteiger partial charge in [-0.05, 0) is 5.92 Å². The summed E-state index contributed by atoms with van der Waals surface area (Å²) in [5.74, 6) is 0.487. The first kappa shape index (κ1) is 12.2. The van der Waals surface area contributed by atoms with E-state index in [-0.39, 0.29) is 0 Å². The summed E-state index contributed by atoms with van der Waals surface area (Å²) in [6.07, 6.45) is 3.93. The van der Waals surface area contributed by atoms with Gasteiger partial charge in [0, 0.05) is 19.9 Å². The molecule has 0 aromatic carbocycles. The van der Waals surface area contributed by atoms with Crippen molar-refractivity contribution in [1.29, 1.82) is 0 Å². The van der Waals surface area contributed by atoms with Gasteiger partial charge in [0.25, 0.3) is 0 Å². The maximum Gasteiger partial charge on any atom is 0.0950 e. The standard InChI is InChI=1S/C11H20N2O2/c1-10(2)11-8-13(9-12-11)4-5-15-7-6-14-3/h8-10H,4-7H2,1-3H3. The van der Waals surface area contributed by atoms with E-state index in [0.29, 0.717) is 25.7 Å². The van der Waals surface area contributed by atoms with E-state index in [1.165, 1.54) is 0 Å². The third-order valence-electron chi connectivity index (χ3n) is 2.17. The van der Waals surface area contributed by atoms with Gasteiger partial charge in [-0.25, -0.2) is 4.98 Å². The molecular weight excluding hydrogens is 192 g/mol. The molecule has 4 heteroatoms. The van der Waals surface area contributed by atoms with Crippen molar-refractivity contribution in [2.45, 2.75) is 26.3 Å². The molecule has 0 bridgehead atoms. The van der Waals surface area contributed by atoms with E-state index < -0.39 is 0 Å². The Balaban J connectivity index is 2.20. The SMILES string of the molecule is COCCOCCn1cnc(C(C)C)c1. The lowest BCUT2D eigenvalue weighted by molar-refractivity contribution is 0.0666. The first-order chi connectivity index (χ1) is 7.24. The second-order valence-electron chi connectivity index (χ2n) is 3.80. The van der Waals surface area contributed by atoms with Crippen molar-refractivity contribution in [3.05, 3.63) is 18.2 Å². The van der Waals surface area contributed by atoms with Gasteiger partial charge in [-0.1, -0.05) is 13.8 Å². The molecule has 0 fully saturated rings. The highest BCUT2D eigenvalue weighted by molar-refractivity contribution is 5.01. The zero-order chi connectivity index (χ0) is 11.1. The molecule has 1 rings (SSSR count). The van der Waals surface area contributed by atoms with E-state index in [4.69, 9.17) is 9.47 Å². The molecule has 0 aliphatic carbocycles. The largest absolute Gasteiger partial charge is 0.382 e. The first-order valence-electron chi connectivity index (χ1n) is 5.32. The normalized spacial score (nSPS) is 11.2. The van der Waals surface area contributed by atoms with Crippen molar-refractivity contribution in [3.8, 4) is 0 Å². The summed E-state index contributed by atoms with van der Waals surface area (Å²) >= 11 is 0. The minimum absolute atomic E-state index is 0.487. The summed E-state index contributed by atoms with van der Waals surface area (Å²) in [6.45, 7) is 7.15. The zero-order valence-electron chi connectivity index (χ0n) is 9.77. The van der Waals surface area contributed by atoms with Crippen LogP contribution in [0.25, 0.3) is 0 Å². The van der Waals surface area contributed by atoms with Gasteiger partial charge in [0.05, 0.1) is 31.8 Å². The summed E-state index contributed by atoms with van der Waals surface area (Å²) in [5, 5.41) is 0. The number of nitrogens with zero attached hydrogens (tertiary/aromatic N) is 2. The van der Waals surface area contributed by atoms with E-state index in [2.05, 4.69) is 29.6 Å². The molecule has 0 aliphatic rings. The van der Waals surface area contributed by atoms with Crippen LogP contribution >= 0.6 is 0 Å². The zero-order valence-corrected chi connectivity index (χ0v) is 9.77. The average Bonchev–Trinajstić information content (AvgIpc) is 2.66. The van der Waals surface area contributed by atoms with Gasteiger partial charge in [0.15, 0.2) is 0 Å². The van der Waals surface area contributed by atoms with Crippen LogP contribution in [0.4, 0.5) is 0 Å². The molecule has 1 aromatic heterocycles. The van der Waals surface area contributed by atoms with Gasteiger partial charge >= 0.3 is 0 Å². The Labute approximate surface area is 91.2 Å². The van der Waals surface area contributed by atoms with Crippen molar-refractivity contribution in [3.63, 3.8) is 0 Å². The fourth-order valence-electron chi connectivity index (χ4n) is 1.21. The van der Waals surface area contributed by atoms with E-state index in [1.54, 1.807) is 7.11 Å². The molecule has 0 amide bonds. The van der Waals surface area contributed by atoms with Crippen LogP contribution in [0.3, 0.4) is 0 Å². The second-order valence-corrected chi connectivity index (χ2v) is 3.80. The van der Waals surface area contributed by atoms with Crippen LogP contribution < -0.4 is 0 Å². The molecular formula is C11H20N2O2. The lowest BCUT2D eigenvalue weighted by Gasteiger charge is -2.04. The monoisotopic (exact) mass is 212 g/mol. The number of hydrogen-bond donors (Lipinski definition) is 0. The van der Waals surface area contributed by atoms with Crippen molar-refractivity contribution in [2.75, 3.05) is 26.9 Å². The lowest BCUT2D eigenvalue weighted by Crippen LogP contribution is -2.08. The quantitative estimate of drug-likeness (QED) is 0.645. The molecule has 0 radical (unpaired) electrons. The maximum atomic E-state index is 5.37. The molecule has 0 aliphatic heterocycles. The molecule has 0 unspecified atom stereocenters. The van der Waals surface area contributed by atoms with Crippen molar-refractivity contribution >= 4 is 0 Å². The predicted molar refractivity (Wildman–Crippen MR) is 59.0 cm³/mol. The van der Waals surface area contributed by atoms with E-state index >= 15 is 0 Å². The lowest BCUT2D eigenvalue weighted by atomic mass is 10.2. The molecule has 15 heavy (non-hydrogen) atoms. The van der Waals surface area contributed by atoms with E-state index in [0.717, 1.165) is 12.2 Å². The number of ether oxygens (including phenoxy) is 2. The molecule has 0 atom stereocenters. The molecule has 0 saturated heterocycles. The minimum Gasteiger partial charge on any atom is -0.382 e. The smallest absolute Gasteiger partial charge is 0.0950 e. The number of aromatic nitrogens is 2. The van der Waals surface area contributed by atoms with Crippen molar-refractivity contribution < 1.29 is 9.47 Å². The molecule has 4 nitrogen and oxygen atoms in total. The summed E-state index contributed by atoms with van der Waals surface area (Å²) < 4.78 is 12.3. The Hall–Kier alpha value is -0.870. The van der Waals surface area contributed by atoms with Gasteiger partial charge in [0.1, 0.15) is 0 Å². The average molecular weight is 212 g/mol. The Morgan fingerprint density at radius 1 is 1.33 bits per heavy atom. The number of rotatable bonds is 7. The number of hydrogen-bond acceptors (Lipinski definition) is 3. The van der Waals surface area contributed by atoms with E-state index in [1.807, 2.05) is 6.33 Å². The van der Waals surface area contributed by atoms with Crippen LogP contribution in [-0.2, 0) is 16.0 Å². The Morgan fingerprint density at radius 3 is 2.73 bits per heavy atom. The number of methoxy groups -OCH3 is 1. The molecule has 0 saturated carbocycles. The predicted octanol–water partition coefficient (Wildman–Crippen LogP) is 1.67.